The number of hydrogen-bond acceptors (Lipinski definition) is 7. The number of nitrogens with one attached hydrogen (secondary N) is 1. The van der Waals surface area contributed by atoms with Crippen LogP contribution in [0.4, 0.5) is 5.69 Å². The second kappa shape index (κ2) is 9.88. The lowest BCUT2D eigenvalue weighted by molar-refractivity contribution is -0.115. The molecule has 1 amide bonds. The Morgan fingerprint density at radius 3 is 2.62 bits per heavy atom. The van der Waals surface area contributed by atoms with E-state index in [4.69, 9.17) is 4.42 Å². The van der Waals surface area contributed by atoms with Crippen LogP contribution in [0.15, 0.2) is 63.5 Å². The van der Waals surface area contributed by atoms with Crippen molar-refractivity contribution in [3.63, 3.8) is 0 Å². The number of hydrogen-bond donors (Lipinski definition) is 1. The first-order valence-corrected chi connectivity index (χ1v) is 12.7. The van der Waals surface area contributed by atoms with E-state index < -0.39 is 15.3 Å². The smallest absolute Gasteiger partial charge is 0.243 e. The number of carbonyl (C=O) groups excluding carboxylic acids is 1. The number of nitrogens with zero attached hydrogens (tertiary/aromatic N) is 4. The molecule has 1 atom stereocenters. The van der Waals surface area contributed by atoms with Crippen LogP contribution in [0, 0.1) is 0 Å². The molecule has 3 heterocycles. The van der Waals surface area contributed by atoms with Gasteiger partial charge in [-0.25, -0.2) is 8.42 Å². The van der Waals surface area contributed by atoms with Crippen LogP contribution in [-0.2, 0) is 21.4 Å². The Kier molecular flexibility index (Phi) is 6.97. The molecule has 2 aromatic heterocycles. The molecule has 0 radical (unpaired) electrons. The Hall–Kier alpha value is -2.63. The summed E-state index contributed by atoms with van der Waals surface area (Å²) in [6, 6.07) is 9.98. The number of amides is 1. The molecule has 1 aliphatic heterocycles. The van der Waals surface area contributed by atoms with Gasteiger partial charge in [-0.05, 0) is 56.2 Å². The maximum atomic E-state index is 12.8. The summed E-state index contributed by atoms with van der Waals surface area (Å²) in [5, 5.41) is 11.0. The Bertz CT molecular complexity index is 1140. The highest BCUT2D eigenvalue weighted by molar-refractivity contribution is 8.00. The molecular weight excluding hydrogens is 450 g/mol. The molecule has 32 heavy (non-hydrogen) atoms. The molecule has 1 fully saturated rings. The van der Waals surface area contributed by atoms with Gasteiger partial charge < -0.3 is 14.3 Å². The molecule has 170 valence electrons. The highest BCUT2D eigenvalue weighted by atomic mass is 32.2. The number of rotatable bonds is 8. The van der Waals surface area contributed by atoms with Crippen molar-refractivity contribution in [2.45, 2.75) is 48.0 Å². The van der Waals surface area contributed by atoms with E-state index in [1.165, 1.54) is 28.2 Å². The van der Waals surface area contributed by atoms with E-state index in [0.29, 0.717) is 30.5 Å². The molecule has 1 aromatic carbocycles. The third-order valence-corrected chi connectivity index (χ3v) is 8.22. The summed E-state index contributed by atoms with van der Waals surface area (Å²) in [6.45, 7) is 3.37. The van der Waals surface area contributed by atoms with Crippen LogP contribution in [-0.4, -0.2) is 51.7 Å². The van der Waals surface area contributed by atoms with E-state index in [0.717, 1.165) is 25.0 Å². The average molecular weight is 476 g/mol. The largest absolute Gasteiger partial charge is 0.467 e. The van der Waals surface area contributed by atoms with Crippen LogP contribution in [0.3, 0.4) is 0 Å². The second-order valence-electron chi connectivity index (χ2n) is 7.56. The molecule has 0 aliphatic carbocycles. The van der Waals surface area contributed by atoms with E-state index in [1.807, 2.05) is 16.7 Å². The van der Waals surface area contributed by atoms with Gasteiger partial charge in [-0.1, -0.05) is 18.2 Å². The quantitative estimate of drug-likeness (QED) is 0.498. The van der Waals surface area contributed by atoms with Crippen molar-refractivity contribution in [2.24, 2.45) is 0 Å². The zero-order valence-corrected chi connectivity index (χ0v) is 19.3. The fourth-order valence-electron chi connectivity index (χ4n) is 3.43. The second-order valence-corrected chi connectivity index (χ2v) is 10.8. The molecule has 3 aromatic rings. The lowest BCUT2D eigenvalue weighted by Gasteiger charge is -2.25. The average Bonchev–Trinajstić information content (AvgIpc) is 3.47. The summed E-state index contributed by atoms with van der Waals surface area (Å²) in [7, 11) is -3.49. The number of sulfonamides is 1. The molecule has 1 N–H and O–H groups in total. The standard InChI is InChI=1S/C21H25N5O4S2/c1-16(31-21-24-22-15-25(21)14-18-6-5-13-30-18)20(27)23-17-7-9-19(10-8-17)32(28,29)26-11-3-2-4-12-26/h5-10,13,15-16H,2-4,11-12,14H2,1H3,(H,23,27). The Balaban J connectivity index is 1.36. The van der Waals surface area contributed by atoms with E-state index in [9.17, 15) is 13.2 Å². The SMILES string of the molecule is CC(Sc1nncn1Cc1ccco1)C(=O)Nc1ccc(S(=O)(=O)N2CCCCC2)cc1. The van der Waals surface area contributed by atoms with Crippen LogP contribution in [0.25, 0.3) is 0 Å². The molecule has 11 heteroatoms. The van der Waals surface area contributed by atoms with Crippen molar-refractivity contribution < 1.29 is 17.6 Å². The minimum atomic E-state index is -3.49. The number of anilines is 1. The first kappa shape index (κ1) is 22.6. The third-order valence-electron chi connectivity index (χ3n) is 5.21. The highest BCUT2D eigenvalue weighted by Crippen LogP contribution is 2.25. The van der Waals surface area contributed by atoms with Gasteiger partial charge in [0.1, 0.15) is 12.1 Å². The molecule has 9 nitrogen and oxygen atoms in total. The first-order valence-electron chi connectivity index (χ1n) is 10.4. The van der Waals surface area contributed by atoms with E-state index in [2.05, 4.69) is 15.5 Å². The van der Waals surface area contributed by atoms with Crippen molar-refractivity contribution >= 4 is 33.4 Å². The van der Waals surface area contributed by atoms with Crippen LogP contribution in [0.2, 0.25) is 0 Å². The maximum absolute atomic E-state index is 12.8. The number of furan rings is 1. The number of carbonyl (C=O) groups is 1. The molecule has 1 unspecified atom stereocenters. The van der Waals surface area contributed by atoms with Crippen molar-refractivity contribution in [2.75, 3.05) is 18.4 Å². The molecule has 1 saturated heterocycles. The van der Waals surface area contributed by atoms with Gasteiger partial charge in [0.05, 0.1) is 23.0 Å². The lowest BCUT2D eigenvalue weighted by Crippen LogP contribution is -2.35. The highest BCUT2D eigenvalue weighted by Gasteiger charge is 2.26. The van der Waals surface area contributed by atoms with Gasteiger partial charge in [0.15, 0.2) is 5.16 Å². The van der Waals surface area contributed by atoms with Crippen molar-refractivity contribution in [1.82, 2.24) is 19.1 Å². The predicted octanol–water partition coefficient (Wildman–Crippen LogP) is 3.21. The summed E-state index contributed by atoms with van der Waals surface area (Å²) < 4.78 is 34.2. The van der Waals surface area contributed by atoms with E-state index in [-0.39, 0.29) is 10.8 Å². The fourth-order valence-corrected chi connectivity index (χ4v) is 5.78. The van der Waals surface area contributed by atoms with Gasteiger partial charge in [-0.15, -0.1) is 10.2 Å². The van der Waals surface area contributed by atoms with Gasteiger partial charge >= 0.3 is 0 Å². The predicted molar refractivity (Wildman–Crippen MR) is 121 cm³/mol. The molecule has 0 spiro atoms. The van der Waals surface area contributed by atoms with Gasteiger partial charge in [-0.2, -0.15) is 4.31 Å². The van der Waals surface area contributed by atoms with Gasteiger partial charge in [0.25, 0.3) is 0 Å². The summed E-state index contributed by atoms with van der Waals surface area (Å²) in [6.07, 6.45) is 6.03. The fraction of sp³-hybridized carbons (Fsp3) is 0.381. The van der Waals surface area contributed by atoms with Crippen molar-refractivity contribution in [1.29, 1.82) is 0 Å². The number of aromatic nitrogens is 3. The van der Waals surface area contributed by atoms with Crippen LogP contribution < -0.4 is 5.32 Å². The number of benzene rings is 1. The molecular formula is C21H25N5O4S2. The van der Waals surface area contributed by atoms with Crippen LogP contribution >= 0.6 is 11.8 Å². The first-order chi connectivity index (χ1) is 15.4. The number of thioether (sulfide) groups is 1. The monoisotopic (exact) mass is 475 g/mol. The van der Waals surface area contributed by atoms with Gasteiger partial charge in [0.2, 0.25) is 15.9 Å². The normalized spacial score (nSPS) is 16.0. The van der Waals surface area contributed by atoms with Gasteiger partial charge in [-0.3, -0.25) is 4.79 Å². The van der Waals surface area contributed by atoms with E-state index in [1.54, 1.807) is 31.6 Å². The molecule has 0 saturated carbocycles. The summed E-state index contributed by atoms with van der Waals surface area (Å²) in [5.74, 6) is 0.553. The zero-order valence-electron chi connectivity index (χ0n) is 17.7. The molecule has 4 rings (SSSR count). The zero-order chi connectivity index (χ0) is 22.6. The van der Waals surface area contributed by atoms with Crippen LogP contribution in [0.5, 0.6) is 0 Å². The Morgan fingerprint density at radius 1 is 1.19 bits per heavy atom. The summed E-state index contributed by atoms with van der Waals surface area (Å²) >= 11 is 1.29. The number of piperidine rings is 1. The lowest BCUT2D eigenvalue weighted by atomic mass is 10.2. The Labute approximate surface area is 191 Å². The summed E-state index contributed by atoms with van der Waals surface area (Å²) in [4.78, 5) is 12.9. The van der Waals surface area contributed by atoms with Crippen molar-refractivity contribution in [3.8, 4) is 0 Å². The van der Waals surface area contributed by atoms with E-state index >= 15 is 0 Å². The topological polar surface area (TPSA) is 110 Å². The third kappa shape index (κ3) is 5.22. The molecule has 0 bridgehead atoms. The minimum Gasteiger partial charge on any atom is -0.467 e. The minimum absolute atomic E-state index is 0.214. The van der Waals surface area contributed by atoms with Gasteiger partial charge in [0, 0.05) is 18.8 Å². The summed E-state index contributed by atoms with van der Waals surface area (Å²) in [5.41, 5.74) is 0.539. The Morgan fingerprint density at radius 2 is 1.94 bits per heavy atom. The molecule has 1 aliphatic rings. The van der Waals surface area contributed by atoms with Crippen molar-refractivity contribution in [3.05, 3.63) is 54.7 Å². The van der Waals surface area contributed by atoms with Crippen LogP contribution in [0.1, 0.15) is 31.9 Å². The maximum Gasteiger partial charge on any atom is 0.243 e.